The number of pyridine rings is 1. The zero-order chi connectivity index (χ0) is 27.4. The summed E-state index contributed by atoms with van der Waals surface area (Å²) < 4.78 is 8.45. The van der Waals surface area contributed by atoms with Crippen molar-refractivity contribution in [3.63, 3.8) is 0 Å². The highest BCUT2D eigenvalue weighted by Crippen LogP contribution is 2.40. The van der Waals surface area contributed by atoms with Gasteiger partial charge in [-0.3, -0.25) is 19.1 Å². The van der Waals surface area contributed by atoms with Gasteiger partial charge in [-0.2, -0.15) is 0 Å². The number of thiophene rings is 1. The normalized spacial score (nSPS) is 14.5. The van der Waals surface area contributed by atoms with Gasteiger partial charge < -0.3 is 9.84 Å². The standard InChI is InChI=1S/C28H26ClN3O5S/c1-14-11-18(25-24(30-14)19(13-38-25)27(35)36)17-12-16(29)5-7-21(17)37-10-9-32-15(2)31-20-6-8-22(33)28(3,4)23(20)26(32)34/h5,7,11-13H,6,8-10H2,1-4H3,(H,35,36). The highest BCUT2D eigenvalue weighted by Gasteiger charge is 2.39. The van der Waals surface area contributed by atoms with Crippen molar-refractivity contribution in [2.75, 3.05) is 6.61 Å². The van der Waals surface area contributed by atoms with Crippen LogP contribution in [0.1, 0.15) is 53.4 Å². The summed E-state index contributed by atoms with van der Waals surface area (Å²) in [4.78, 5) is 46.8. The summed E-state index contributed by atoms with van der Waals surface area (Å²) in [5, 5.41) is 11.7. The van der Waals surface area contributed by atoms with E-state index in [1.807, 2.05) is 13.0 Å². The molecule has 5 rings (SSSR count). The van der Waals surface area contributed by atoms with Gasteiger partial charge in [0.15, 0.2) is 0 Å². The van der Waals surface area contributed by atoms with Crippen LogP contribution in [-0.2, 0) is 23.2 Å². The van der Waals surface area contributed by atoms with Gasteiger partial charge in [-0.1, -0.05) is 11.6 Å². The Labute approximate surface area is 227 Å². The Morgan fingerprint density at radius 1 is 1.16 bits per heavy atom. The lowest BCUT2D eigenvalue weighted by Crippen LogP contribution is -2.44. The number of rotatable bonds is 6. The fourth-order valence-electron chi connectivity index (χ4n) is 5.05. The van der Waals surface area contributed by atoms with Gasteiger partial charge in [-0.15, -0.1) is 11.3 Å². The Morgan fingerprint density at radius 2 is 1.92 bits per heavy atom. The molecular formula is C28H26ClN3O5S. The number of fused-ring (bicyclic) bond motifs is 2. The fraction of sp³-hybridized carbons (Fsp3) is 0.321. The van der Waals surface area contributed by atoms with Crippen LogP contribution in [0.15, 0.2) is 34.4 Å². The van der Waals surface area contributed by atoms with Crippen LogP contribution in [-0.4, -0.2) is 38.0 Å². The molecule has 0 bridgehead atoms. The van der Waals surface area contributed by atoms with E-state index >= 15 is 0 Å². The van der Waals surface area contributed by atoms with Crippen LogP contribution in [0.4, 0.5) is 0 Å². The SMILES string of the molecule is Cc1cc(-c2cc(Cl)ccc2OCCn2c(C)nc3c(c2=O)C(C)(C)C(=O)CC3)c2scc(C(=O)O)c2n1. The molecule has 3 aromatic heterocycles. The number of Topliss-reactive ketones (excluding diaryl/α,β-unsaturated/α-hetero) is 1. The number of aromatic carboxylic acids is 1. The molecule has 0 atom stereocenters. The van der Waals surface area contributed by atoms with E-state index in [0.29, 0.717) is 57.5 Å². The first-order valence-corrected chi connectivity index (χ1v) is 13.4. The summed E-state index contributed by atoms with van der Waals surface area (Å²) in [6, 6.07) is 7.13. The van der Waals surface area contributed by atoms with Gasteiger partial charge in [0.2, 0.25) is 0 Å². The monoisotopic (exact) mass is 551 g/mol. The summed E-state index contributed by atoms with van der Waals surface area (Å²) in [5.41, 5.74) is 2.78. The highest BCUT2D eigenvalue weighted by atomic mass is 35.5. The highest BCUT2D eigenvalue weighted by molar-refractivity contribution is 7.18. The van der Waals surface area contributed by atoms with Crippen LogP contribution in [0, 0.1) is 13.8 Å². The minimum absolute atomic E-state index is 0.0416. The first-order valence-electron chi connectivity index (χ1n) is 12.2. The number of ether oxygens (including phenoxy) is 1. The number of carboxylic acids is 1. The lowest BCUT2D eigenvalue weighted by Gasteiger charge is -2.30. The van der Waals surface area contributed by atoms with E-state index in [9.17, 15) is 19.5 Å². The quantitative estimate of drug-likeness (QED) is 0.343. The van der Waals surface area contributed by atoms with Crippen molar-refractivity contribution in [2.45, 2.75) is 52.5 Å². The lowest BCUT2D eigenvalue weighted by atomic mass is 9.74. The van der Waals surface area contributed by atoms with Crippen molar-refractivity contribution in [2.24, 2.45) is 0 Å². The lowest BCUT2D eigenvalue weighted by molar-refractivity contribution is -0.124. The second-order valence-corrected chi connectivity index (χ2v) is 11.2. The topological polar surface area (TPSA) is 111 Å². The molecule has 1 aliphatic rings. The second-order valence-electron chi connectivity index (χ2n) is 9.92. The van der Waals surface area contributed by atoms with E-state index in [1.54, 1.807) is 48.9 Å². The van der Waals surface area contributed by atoms with Gasteiger partial charge >= 0.3 is 5.97 Å². The molecule has 8 nitrogen and oxygen atoms in total. The summed E-state index contributed by atoms with van der Waals surface area (Å²) in [5.74, 6) is 0.121. The number of carboxylic acid groups (broad SMARTS) is 1. The van der Waals surface area contributed by atoms with Crippen LogP contribution in [0.5, 0.6) is 5.75 Å². The molecule has 38 heavy (non-hydrogen) atoms. The molecule has 0 aliphatic heterocycles. The number of carbonyl (C=O) groups is 2. The zero-order valence-electron chi connectivity index (χ0n) is 21.4. The van der Waals surface area contributed by atoms with E-state index in [4.69, 9.17) is 16.3 Å². The first kappa shape index (κ1) is 26.1. The van der Waals surface area contributed by atoms with Crippen molar-refractivity contribution in [3.05, 3.63) is 73.4 Å². The molecule has 1 N–H and O–H groups in total. The van der Waals surface area contributed by atoms with Gasteiger partial charge in [-0.25, -0.2) is 9.78 Å². The maximum absolute atomic E-state index is 13.5. The van der Waals surface area contributed by atoms with E-state index in [-0.39, 0.29) is 30.1 Å². The number of hydrogen-bond acceptors (Lipinski definition) is 7. The van der Waals surface area contributed by atoms with Crippen LogP contribution in [0.25, 0.3) is 21.3 Å². The number of carbonyl (C=O) groups excluding carboxylic acids is 1. The van der Waals surface area contributed by atoms with E-state index < -0.39 is 11.4 Å². The molecule has 0 saturated carbocycles. The van der Waals surface area contributed by atoms with Crippen LogP contribution < -0.4 is 10.3 Å². The van der Waals surface area contributed by atoms with Crippen LogP contribution in [0.3, 0.4) is 0 Å². The molecule has 0 saturated heterocycles. The van der Waals surface area contributed by atoms with E-state index in [0.717, 1.165) is 10.3 Å². The van der Waals surface area contributed by atoms with Crippen LogP contribution in [0.2, 0.25) is 5.02 Å². The number of hydrogen-bond donors (Lipinski definition) is 1. The molecule has 1 aliphatic carbocycles. The van der Waals surface area contributed by atoms with Gasteiger partial charge in [0.1, 0.15) is 24.0 Å². The Balaban J connectivity index is 1.49. The maximum atomic E-state index is 13.5. The smallest absolute Gasteiger partial charge is 0.338 e. The molecule has 1 aromatic carbocycles. The molecule has 0 unspecified atom stereocenters. The summed E-state index contributed by atoms with van der Waals surface area (Å²) in [6.07, 6.45) is 0.865. The zero-order valence-corrected chi connectivity index (χ0v) is 23.0. The number of aryl methyl sites for hydroxylation is 3. The molecule has 0 spiro atoms. The Kier molecular flexibility index (Phi) is 6.61. The summed E-state index contributed by atoms with van der Waals surface area (Å²) >= 11 is 7.65. The van der Waals surface area contributed by atoms with E-state index in [2.05, 4.69) is 9.97 Å². The molecule has 0 amide bonds. The van der Waals surface area contributed by atoms with E-state index in [1.165, 1.54) is 11.3 Å². The minimum atomic E-state index is -1.03. The van der Waals surface area contributed by atoms with Gasteiger partial charge in [0.25, 0.3) is 5.56 Å². The van der Waals surface area contributed by atoms with Crippen molar-refractivity contribution >= 4 is 44.9 Å². The number of ketones is 1. The van der Waals surface area contributed by atoms with Crippen molar-refractivity contribution in [1.82, 2.24) is 14.5 Å². The Morgan fingerprint density at radius 3 is 2.66 bits per heavy atom. The maximum Gasteiger partial charge on any atom is 0.338 e. The number of halogens is 1. The summed E-state index contributed by atoms with van der Waals surface area (Å²) in [7, 11) is 0. The molecule has 196 valence electrons. The predicted molar refractivity (Wildman–Crippen MR) is 147 cm³/mol. The largest absolute Gasteiger partial charge is 0.491 e. The number of benzene rings is 1. The van der Waals surface area contributed by atoms with Gasteiger partial charge in [0.05, 0.1) is 39.0 Å². The van der Waals surface area contributed by atoms with Crippen LogP contribution >= 0.6 is 22.9 Å². The number of nitrogens with zero attached hydrogens (tertiary/aromatic N) is 3. The molecule has 0 radical (unpaired) electrons. The average molecular weight is 552 g/mol. The van der Waals surface area contributed by atoms with Crippen molar-refractivity contribution < 1.29 is 19.4 Å². The third-order valence-electron chi connectivity index (χ3n) is 7.03. The predicted octanol–water partition coefficient (Wildman–Crippen LogP) is 5.36. The first-order chi connectivity index (χ1) is 18.0. The average Bonchev–Trinajstić information content (AvgIpc) is 3.27. The molecule has 0 fully saturated rings. The minimum Gasteiger partial charge on any atom is -0.491 e. The third kappa shape index (κ3) is 4.39. The Hall–Kier alpha value is -3.56. The summed E-state index contributed by atoms with van der Waals surface area (Å²) in [6.45, 7) is 7.56. The van der Waals surface area contributed by atoms with Gasteiger partial charge in [-0.05, 0) is 58.4 Å². The fourth-order valence-corrected chi connectivity index (χ4v) is 6.23. The van der Waals surface area contributed by atoms with Crippen molar-refractivity contribution in [3.8, 4) is 16.9 Å². The molecular weight excluding hydrogens is 526 g/mol. The molecule has 4 aromatic rings. The van der Waals surface area contributed by atoms with Gasteiger partial charge in [0, 0.05) is 33.6 Å². The molecule has 10 heteroatoms. The second kappa shape index (κ2) is 9.63. The number of aromatic nitrogens is 3. The Bertz CT molecular complexity index is 1690. The molecule has 3 heterocycles. The third-order valence-corrected chi connectivity index (χ3v) is 8.27. The van der Waals surface area contributed by atoms with Crippen molar-refractivity contribution in [1.29, 1.82) is 0 Å².